The lowest BCUT2D eigenvalue weighted by molar-refractivity contribution is -0.137. The first-order chi connectivity index (χ1) is 8.54. The molecule has 1 rings (SSSR count). The Morgan fingerprint density at radius 3 is 2.67 bits per heavy atom. The maximum atomic E-state index is 12.0. The zero-order chi connectivity index (χ0) is 13.5. The van der Waals surface area contributed by atoms with Crippen molar-refractivity contribution in [1.29, 1.82) is 0 Å². The van der Waals surface area contributed by atoms with Crippen LogP contribution in [0.2, 0.25) is 0 Å². The third-order valence-electron chi connectivity index (χ3n) is 2.76. The molecular formula is C12H22N2O3S. The first kappa shape index (κ1) is 15.1. The maximum Gasteiger partial charge on any atom is 0.317 e. The number of rotatable bonds is 8. The number of amides is 2. The topological polar surface area (TPSA) is 69.6 Å². The molecule has 2 N–H and O–H groups in total. The number of nitrogens with zero attached hydrogens (tertiary/aromatic N) is 1. The van der Waals surface area contributed by atoms with E-state index >= 15 is 0 Å². The molecule has 104 valence electrons. The second-order valence-corrected chi connectivity index (χ2v) is 5.90. The van der Waals surface area contributed by atoms with Crippen LogP contribution in [0, 0.1) is 0 Å². The van der Waals surface area contributed by atoms with Gasteiger partial charge in [0.2, 0.25) is 0 Å². The summed E-state index contributed by atoms with van der Waals surface area (Å²) in [7, 11) is 0. The maximum absolute atomic E-state index is 12.0. The zero-order valence-corrected chi connectivity index (χ0v) is 11.8. The summed E-state index contributed by atoms with van der Waals surface area (Å²) < 4.78 is 0. The van der Waals surface area contributed by atoms with Crippen LogP contribution in [-0.2, 0) is 4.79 Å². The van der Waals surface area contributed by atoms with E-state index in [4.69, 9.17) is 5.11 Å². The molecule has 0 bridgehead atoms. The highest BCUT2D eigenvalue weighted by Gasteiger charge is 2.32. The summed E-state index contributed by atoms with van der Waals surface area (Å²) in [4.78, 5) is 24.3. The molecule has 1 aliphatic carbocycles. The minimum absolute atomic E-state index is 0.0159. The number of aliphatic carboxylic acids is 1. The van der Waals surface area contributed by atoms with E-state index in [0.717, 1.165) is 24.3 Å². The number of hydrogen-bond donors (Lipinski definition) is 2. The molecule has 18 heavy (non-hydrogen) atoms. The van der Waals surface area contributed by atoms with E-state index in [1.54, 1.807) is 16.7 Å². The van der Waals surface area contributed by atoms with Gasteiger partial charge in [0, 0.05) is 24.4 Å². The fraction of sp³-hybridized carbons (Fsp3) is 0.833. The molecule has 0 spiro atoms. The molecule has 5 nitrogen and oxygen atoms in total. The highest BCUT2D eigenvalue weighted by Crippen LogP contribution is 2.27. The molecule has 0 aromatic rings. The standard InChI is InChI=1S/C12H22N2O3S/c1-3-18-8-9(2)13-12(17)14(10-4-5-10)7-6-11(15)16/h9-10H,3-8H2,1-2H3,(H,13,17)(H,15,16). The predicted molar refractivity (Wildman–Crippen MR) is 73.0 cm³/mol. The molecule has 1 atom stereocenters. The third-order valence-corrected chi connectivity index (χ3v) is 3.90. The molecule has 2 amide bonds. The second-order valence-electron chi connectivity index (χ2n) is 4.58. The minimum atomic E-state index is -0.858. The van der Waals surface area contributed by atoms with Gasteiger partial charge in [0.15, 0.2) is 0 Å². The van der Waals surface area contributed by atoms with Gasteiger partial charge >= 0.3 is 12.0 Å². The molecule has 1 fully saturated rings. The number of carboxylic acid groups (broad SMARTS) is 1. The number of nitrogens with one attached hydrogen (secondary N) is 1. The third kappa shape index (κ3) is 5.62. The summed E-state index contributed by atoms with van der Waals surface area (Å²) >= 11 is 1.78. The first-order valence-electron chi connectivity index (χ1n) is 6.41. The molecule has 1 saturated carbocycles. The molecule has 0 aromatic carbocycles. The average Bonchev–Trinajstić information content (AvgIpc) is 3.10. The number of hydrogen-bond acceptors (Lipinski definition) is 3. The Balaban J connectivity index is 2.36. The van der Waals surface area contributed by atoms with Crippen molar-refractivity contribution < 1.29 is 14.7 Å². The molecule has 0 saturated heterocycles. The van der Waals surface area contributed by atoms with E-state index in [1.807, 2.05) is 6.92 Å². The van der Waals surface area contributed by atoms with Crippen molar-refractivity contribution in [3.8, 4) is 0 Å². The summed E-state index contributed by atoms with van der Waals surface area (Å²) in [5, 5.41) is 11.6. The van der Waals surface area contributed by atoms with Crippen molar-refractivity contribution in [2.24, 2.45) is 0 Å². The summed E-state index contributed by atoms with van der Waals surface area (Å²) in [5.74, 6) is 1.06. The first-order valence-corrected chi connectivity index (χ1v) is 7.56. The predicted octanol–water partition coefficient (Wildman–Crippen LogP) is 1.78. The summed E-state index contributed by atoms with van der Waals surface area (Å²) in [6, 6.07) is 0.242. The van der Waals surface area contributed by atoms with E-state index in [2.05, 4.69) is 12.2 Å². The Bertz CT molecular complexity index is 295. The van der Waals surface area contributed by atoms with Gasteiger partial charge in [-0.25, -0.2) is 4.79 Å². The molecule has 1 unspecified atom stereocenters. The molecule has 1 aliphatic rings. The summed E-state index contributed by atoms with van der Waals surface area (Å²) in [6.07, 6.45) is 2.00. The van der Waals surface area contributed by atoms with Crippen LogP contribution >= 0.6 is 11.8 Å². The van der Waals surface area contributed by atoms with Gasteiger partial charge in [-0.15, -0.1) is 0 Å². The monoisotopic (exact) mass is 274 g/mol. The van der Waals surface area contributed by atoms with E-state index in [-0.39, 0.29) is 24.5 Å². The highest BCUT2D eigenvalue weighted by atomic mass is 32.2. The molecule has 0 aromatic heterocycles. The highest BCUT2D eigenvalue weighted by molar-refractivity contribution is 7.99. The van der Waals surface area contributed by atoms with Crippen molar-refractivity contribution >= 4 is 23.8 Å². The van der Waals surface area contributed by atoms with Gasteiger partial charge in [0.25, 0.3) is 0 Å². The Morgan fingerprint density at radius 2 is 2.17 bits per heavy atom. The lowest BCUT2D eigenvalue weighted by Gasteiger charge is -2.24. The fourth-order valence-corrected chi connectivity index (χ4v) is 2.35. The number of urea groups is 1. The smallest absolute Gasteiger partial charge is 0.317 e. The molecular weight excluding hydrogens is 252 g/mol. The van der Waals surface area contributed by atoms with Crippen molar-refractivity contribution in [2.75, 3.05) is 18.1 Å². The van der Waals surface area contributed by atoms with Gasteiger partial charge in [-0.2, -0.15) is 11.8 Å². The van der Waals surface area contributed by atoms with Crippen LogP contribution in [0.25, 0.3) is 0 Å². The van der Waals surface area contributed by atoms with Gasteiger partial charge in [-0.3, -0.25) is 4.79 Å². The minimum Gasteiger partial charge on any atom is -0.481 e. The van der Waals surface area contributed by atoms with Gasteiger partial charge in [0.05, 0.1) is 6.42 Å². The zero-order valence-electron chi connectivity index (χ0n) is 11.0. The fourth-order valence-electron chi connectivity index (χ4n) is 1.68. The number of carboxylic acids is 1. The van der Waals surface area contributed by atoms with Gasteiger partial charge in [0.1, 0.15) is 0 Å². The van der Waals surface area contributed by atoms with Gasteiger partial charge in [-0.05, 0) is 25.5 Å². The second kappa shape index (κ2) is 7.51. The van der Waals surface area contributed by atoms with E-state index in [1.165, 1.54) is 0 Å². The lowest BCUT2D eigenvalue weighted by Crippen LogP contribution is -2.46. The van der Waals surface area contributed by atoms with Crippen molar-refractivity contribution in [1.82, 2.24) is 10.2 Å². The van der Waals surface area contributed by atoms with Crippen molar-refractivity contribution in [3.63, 3.8) is 0 Å². The lowest BCUT2D eigenvalue weighted by atomic mass is 10.3. The largest absolute Gasteiger partial charge is 0.481 e. The number of carbonyl (C=O) groups excluding carboxylic acids is 1. The van der Waals surface area contributed by atoms with Crippen LogP contribution in [0.4, 0.5) is 4.79 Å². The number of thioether (sulfide) groups is 1. The Kier molecular flexibility index (Phi) is 6.32. The van der Waals surface area contributed by atoms with E-state index in [0.29, 0.717) is 6.54 Å². The SMILES string of the molecule is CCSCC(C)NC(=O)N(CCC(=O)O)C1CC1. The summed E-state index contributed by atoms with van der Waals surface area (Å²) in [5.41, 5.74) is 0. The Hall–Kier alpha value is -0.910. The van der Waals surface area contributed by atoms with Crippen molar-refractivity contribution in [3.05, 3.63) is 0 Å². The normalized spacial score (nSPS) is 16.1. The van der Waals surface area contributed by atoms with Crippen LogP contribution in [0.15, 0.2) is 0 Å². The molecule has 0 aliphatic heterocycles. The van der Waals surface area contributed by atoms with Crippen LogP contribution in [0.3, 0.4) is 0 Å². The quantitative estimate of drug-likeness (QED) is 0.708. The summed E-state index contributed by atoms with van der Waals surface area (Å²) in [6.45, 7) is 4.37. The van der Waals surface area contributed by atoms with Crippen molar-refractivity contribution in [2.45, 2.75) is 45.2 Å². The van der Waals surface area contributed by atoms with Gasteiger partial charge < -0.3 is 15.3 Å². The Labute approximate surface area is 112 Å². The van der Waals surface area contributed by atoms with E-state index < -0.39 is 5.97 Å². The van der Waals surface area contributed by atoms with Crippen LogP contribution in [0.5, 0.6) is 0 Å². The van der Waals surface area contributed by atoms with E-state index in [9.17, 15) is 9.59 Å². The average molecular weight is 274 g/mol. The molecule has 0 radical (unpaired) electrons. The molecule has 6 heteroatoms. The number of carbonyl (C=O) groups is 2. The van der Waals surface area contributed by atoms with Gasteiger partial charge in [-0.1, -0.05) is 6.92 Å². The van der Waals surface area contributed by atoms with Crippen LogP contribution in [-0.4, -0.2) is 52.1 Å². The Morgan fingerprint density at radius 1 is 1.50 bits per heavy atom. The van der Waals surface area contributed by atoms with Crippen LogP contribution < -0.4 is 5.32 Å². The van der Waals surface area contributed by atoms with Crippen LogP contribution in [0.1, 0.15) is 33.1 Å². The molecule has 0 heterocycles.